The summed E-state index contributed by atoms with van der Waals surface area (Å²) in [6, 6.07) is 4.94. The lowest BCUT2D eigenvalue weighted by Gasteiger charge is -2.37. The van der Waals surface area contributed by atoms with E-state index in [1.54, 1.807) is 0 Å². The van der Waals surface area contributed by atoms with Crippen molar-refractivity contribution >= 4 is 5.69 Å². The zero-order valence-corrected chi connectivity index (χ0v) is 12.3. The summed E-state index contributed by atoms with van der Waals surface area (Å²) in [5.41, 5.74) is 8.22. The van der Waals surface area contributed by atoms with Crippen molar-refractivity contribution in [2.75, 3.05) is 32.1 Å². The Bertz CT molecular complexity index is 388. The Morgan fingerprint density at radius 1 is 1.47 bits per heavy atom. The minimum absolute atomic E-state index is 0.0601. The highest BCUT2D eigenvalue weighted by Crippen LogP contribution is 2.22. The Morgan fingerprint density at radius 2 is 2.26 bits per heavy atom. The van der Waals surface area contributed by atoms with Crippen LogP contribution in [0.4, 0.5) is 5.69 Å². The van der Waals surface area contributed by atoms with Crippen LogP contribution in [-0.2, 0) is 0 Å². The van der Waals surface area contributed by atoms with E-state index in [0.717, 1.165) is 25.2 Å². The van der Waals surface area contributed by atoms with Gasteiger partial charge in [0.25, 0.3) is 0 Å². The molecule has 1 aromatic heterocycles. The molecule has 1 aliphatic rings. The van der Waals surface area contributed by atoms with E-state index >= 15 is 0 Å². The molecule has 1 aromatic rings. The third-order valence-electron chi connectivity index (χ3n) is 4.08. The van der Waals surface area contributed by atoms with Crippen LogP contribution in [0.1, 0.15) is 37.9 Å². The number of anilines is 1. The fourth-order valence-electron chi connectivity index (χ4n) is 2.62. The van der Waals surface area contributed by atoms with Gasteiger partial charge in [0.15, 0.2) is 0 Å². The highest BCUT2D eigenvalue weighted by molar-refractivity contribution is 5.45. The smallest absolute Gasteiger partial charge is 0.0572 e. The Balaban J connectivity index is 2.05. The van der Waals surface area contributed by atoms with Crippen LogP contribution in [0.3, 0.4) is 0 Å². The molecule has 19 heavy (non-hydrogen) atoms. The van der Waals surface area contributed by atoms with Crippen LogP contribution in [0.2, 0.25) is 0 Å². The Morgan fingerprint density at radius 3 is 2.84 bits per heavy atom. The van der Waals surface area contributed by atoms with E-state index < -0.39 is 0 Å². The summed E-state index contributed by atoms with van der Waals surface area (Å²) in [7, 11) is 4.32. The van der Waals surface area contributed by atoms with Crippen LogP contribution in [0.15, 0.2) is 18.3 Å². The number of nitrogens with two attached hydrogens (primary N) is 1. The van der Waals surface area contributed by atoms with Gasteiger partial charge in [0.2, 0.25) is 0 Å². The van der Waals surface area contributed by atoms with Crippen molar-refractivity contribution < 1.29 is 0 Å². The minimum atomic E-state index is 0.0601. The number of piperidine rings is 1. The predicted octanol–water partition coefficient (Wildman–Crippen LogP) is 2.02. The molecule has 2 heterocycles. The zero-order chi connectivity index (χ0) is 13.8. The monoisotopic (exact) mass is 262 g/mol. The summed E-state index contributed by atoms with van der Waals surface area (Å²) in [5.74, 6) is 0. The molecule has 0 aromatic carbocycles. The van der Waals surface area contributed by atoms with Gasteiger partial charge in [-0.2, -0.15) is 0 Å². The molecule has 1 aliphatic heterocycles. The first-order valence-electron chi connectivity index (χ1n) is 7.24. The summed E-state index contributed by atoms with van der Waals surface area (Å²) in [4.78, 5) is 9.27. The normalized spacial score (nSPS) is 21.7. The van der Waals surface area contributed by atoms with Gasteiger partial charge in [-0.05, 0) is 45.5 Å². The number of hydrogen-bond donors (Lipinski definition) is 1. The molecule has 0 amide bonds. The lowest BCUT2D eigenvalue weighted by Crippen LogP contribution is -2.45. The molecule has 4 heteroatoms. The third-order valence-corrected chi connectivity index (χ3v) is 4.08. The summed E-state index contributed by atoms with van der Waals surface area (Å²) < 4.78 is 0. The fraction of sp³-hybridized carbons (Fsp3) is 0.667. The first kappa shape index (κ1) is 14.3. The second kappa shape index (κ2) is 6.35. The molecular formula is C15H26N4. The second-order valence-corrected chi connectivity index (χ2v) is 5.66. The Kier molecular flexibility index (Phi) is 4.77. The minimum Gasteiger partial charge on any atom is -0.369 e. The van der Waals surface area contributed by atoms with Crippen molar-refractivity contribution in [2.24, 2.45) is 5.73 Å². The van der Waals surface area contributed by atoms with Crippen molar-refractivity contribution in [3.8, 4) is 0 Å². The maximum atomic E-state index is 6.00. The first-order valence-corrected chi connectivity index (χ1v) is 7.24. The lowest BCUT2D eigenvalue weighted by atomic mass is 10.0. The summed E-state index contributed by atoms with van der Waals surface area (Å²) in [5, 5.41) is 0. The van der Waals surface area contributed by atoms with Crippen molar-refractivity contribution in [3.63, 3.8) is 0 Å². The van der Waals surface area contributed by atoms with E-state index in [9.17, 15) is 0 Å². The number of nitrogens with zero attached hydrogens (tertiary/aromatic N) is 3. The van der Waals surface area contributed by atoms with Crippen LogP contribution in [-0.4, -0.2) is 43.1 Å². The van der Waals surface area contributed by atoms with Crippen LogP contribution in [0.25, 0.3) is 0 Å². The Hall–Kier alpha value is -1.13. The van der Waals surface area contributed by atoms with Gasteiger partial charge in [-0.25, -0.2) is 0 Å². The standard InChI is InChI=1S/C15H26N4/c1-4-14(16)15-8-7-12(10-17-15)19-9-5-6-13(11-19)18(2)3/h7-8,10,13-14H,4-6,9,11,16H2,1-3H3. The summed E-state index contributed by atoms with van der Waals surface area (Å²) in [6.07, 6.45) is 5.44. The van der Waals surface area contributed by atoms with Gasteiger partial charge in [0.1, 0.15) is 0 Å². The lowest BCUT2D eigenvalue weighted by molar-refractivity contribution is 0.258. The molecule has 1 fully saturated rings. The molecule has 2 rings (SSSR count). The maximum Gasteiger partial charge on any atom is 0.0572 e. The molecule has 4 nitrogen and oxygen atoms in total. The van der Waals surface area contributed by atoms with Gasteiger partial charge in [0, 0.05) is 25.2 Å². The van der Waals surface area contributed by atoms with E-state index in [1.807, 2.05) is 6.20 Å². The molecule has 1 saturated heterocycles. The van der Waals surface area contributed by atoms with Crippen LogP contribution in [0, 0.1) is 0 Å². The topological polar surface area (TPSA) is 45.4 Å². The summed E-state index contributed by atoms with van der Waals surface area (Å²) in [6.45, 7) is 4.31. The largest absolute Gasteiger partial charge is 0.369 e. The number of likely N-dealkylation sites (N-methyl/N-ethyl adjacent to an activating group) is 1. The molecule has 2 N–H and O–H groups in total. The molecule has 0 spiro atoms. The van der Waals surface area contributed by atoms with Crippen molar-refractivity contribution in [2.45, 2.75) is 38.3 Å². The average Bonchev–Trinajstić information content (AvgIpc) is 2.46. The number of aromatic nitrogens is 1. The van der Waals surface area contributed by atoms with Crippen LogP contribution < -0.4 is 10.6 Å². The number of pyridine rings is 1. The molecule has 2 unspecified atom stereocenters. The fourth-order valence-corrected chi connectivity index (χ4v) is 2.62. The zero-order valence-electron chi connectivity index (χ0n) is 12.3. The molecule has 0 saturated carbocycles. The van der Waals surface area contributed by atoms with Gasteiger partial charge in [0.05, 0.1) is 17.6 Å². The number of hydrogen-bond acceptors (Lipinski definition) is 4. The van der Waals surface area contributed by atoms with Crippen molar-refractivity contribution in [1.29, 1.82) is 0 Å². The van der Waals surface area contributed by atoms with Gasteiger partial charge < -0.3 is 15.5 Å². The quantitative estimate of drug-likeness (QED) is 0.902. The molecule has 106 valence electrons. The van der Waals surface area contributed by atoms with E-state index in [2.05, 4.69) is 47.9 Å². The number of rotatable bonds is 4. The maximum absolute atomic E-state index is 6.00. The first-order chi connectivity index (χ1) is 9.11. The van der Waals surface area contributed by atoms with E-state index in [1.165, 1.54) is 18.5 Å². The average molecular weight is 262 g/mol. The molecule has 0 bridgehead atoms. The van der Waals surface area contributed by atoms with Crippen LogP contribution in [0.5, 0.6) is 0 Å². The van der Waals surface area contributed by atoms with E-state index in [4.69, 9.17) is 5.73 Å². The van der Waals surface area contributed by atoms with Gasteiger partial charge >= 0.3 is 0 Å². The second-order valence-electron chi connectivity index (χ2n) is 5.66. The molecular weight excluding hydrogens is 236 g/mol. The van der Waals surface area contributed by atoms with Crippen LogP contribution >= 0.6 is 0 Å². The SMILES string of the molecule is CCC(N)c1ccc(N2CCCC(N(C)C)C2)cn1. The summed E-state index contributed by atoms with van der Waals surface area (Å²) >= 11 is 0. The van der Waals surface area contributed by atoms with Gasteiger partial charge in [-0.15, -0.1) is 0 Å². The molecule has 0 radical (unpaired) electrons. The van der Waals surface area contributed by atoms with E-state index in [-0.39, 0.29) is 6.04 Å². The highest BCUT2D eigenvalue weighted by Gasteiger charge is 2.21. The van der Waals surface area contributed by atoms with E-state index in [0.29, 0.717) is 6.04 Å². The van der Waals surface area contributed by atoms with Gasteiger partial charge in [-0.3, -0.25) is 4.98 Å². The Labute approximate surface area is 116 Å². The van der Waals surface area contributed by atoms with Gasteiger partial charge in [-0.1, -0.05) is 6.92 Å². The predicted molar refractivity (Wildman–Crippen MR) is 80.4 cm³/mol. The molecule has 0 aliphatic carbocycles. The third kappa shape index (κ3) is 3.45. The van der Waals surface area contributed by atoms with Crippen molar-refractivity contribution in [1.82, 2.24) is 9.88 Å². The highest BCUT2D eigenvalue weighted by atomic mass is 15.2. The molecule has 2 atom stereocenters. The van der Waals surface area contributed by atoms with Crippen molar-refractivity contribution in [3.05, 3.63) is 24.0 Å².